The van der Waals surface area contributed by atoms with Crippen LogP contribution in [0, 0.1) is 17.5 Å². The number of para-hydroxylation sites is 1. The predicted molar refractivity (Wildman–Crippen MR) is 128 cm³/mol. The van der Waals surface area contributed by atoms with Crippen molar-refractivity contribution in [1.29, 1.82) is 0 Å². The molecule has 3 aromatic carbocycles. The fourth-order valence-electron chi connectivity index (χ4n) is 4.12. The van der Waals surface area contributed by atoms with Gasteiger partial charge in [-0.3, -0.25) is 4.98 Å². The first kappa shape index (κ1) is 24.0. The maximum absolute atomic E-state index is 14.5. The van der Waals surface area contributed by atoms with Crippen LogP contribution in [0.5, 0.6) is 0 Å². The number of aromatic nitrogens is 1. The topological polar surface area (TPSA) is 71.9 Å². The second-order valence-electron chi connectivity index (χ2n) is 8.31. The molecule has 0 aliphatic carbocycles. The molecule has 184 valence electrons. The van der Waals surface area contributed by atoms with E-state index in [1.807, 2.05) is 0 Å². The third-order valence-electron chi connectivity index (χ3n) is 5.90. The Kier molecular flexibility index (Phi) is 6.46. The van der Waals surface area contributed by atoms with Crippen molar-refractivity contribution in [2.24, 2.45) is 5.16 Å². The number of nitrogens with zero attached hydrogens (tertiary/aromatic N) is 3. The maximum Gasteiger partial charge on any atom is 0.245 e. The van der Waals surface area contributed by atoms with Gasteiger partial charge in [-0.25, -0.2) is 21.6 Å². The van der Waals surface area contributed by atoms with Crippen LogP contribution >= 0.6 is 0 Å². The molecule has 1 atom stereocenters. The molecule has 0 amide bonds. The lowest BCUT2D eigenvalue weighted by molar-refractivity contribution is 0.0692. The molecule has 0 bridgehead atoms. The summed E-state index contributed by atoms with van der Waals surface area (Å²) in [7, 11) is -4.23. The number of benzene rings is 3. The lowest BCUT2D eigenvalue weighted by Crippen LogP contribution is -2.37. The summed E-state index contributed by atoms with van der Waals surface area (Å²) in [5.74, 6) is -2.12. The molecule has 2 heterocycles. The van der Waals surface area contributed by atoms with Crippen LogP contribution in [0.3, 0.4) is 0 Å². The highest BCUT2D eigenvalue weighted by Gasteiger charge is 2.33. The minimum atomic E-state index is -4.23. The normalized spacial score (nSPS) is 15.8. The Bertz CT molecular complexity index is 1570. The van der Waals surface area contributed by atoms with Crippen LogP contribution in [0.15, 0.2) is 89.0 Å². The van der Waals surface area contributed by atoms with E-state index in [9.17, 15) is 21.6 Å². The number of sulfonamides is 1. The van der Waals surface area contributed by atoms with Gasteiger partial charge in [-0.1, -0.05) is 47.6 Å². The molecule has 0 N–H and O–H groups in total. The van der Waals surface area contributed by atoms with Crippen LogP contribution in [-0.2, 0) is 21.4 Å². The SMILES string of the molecule is O=S(=O)(c1cccc2cccnc12)N(Cc1ccc(F)cc1F)CC1CC(c2ccccc2F)=NO1. The molecule has 0 radical (unpaired) electrons. The van der Waals surface area contributed by atoms with Crippen molar-refractivity contribution >= 4 is 26.6 Å². The Morgan fingerprint density at radius 3 is 2.56 bits per heavy atom. The van der Waals surface area contributed by atoms with E-state index in [-0.39, 0.29) is 41.0 Å². The highest BCUT2D eigenvalue weighted by Crippen LogP contribution is 2.28. The van der Waals surface area contributed by atoms with E-state index in [1.165, 1.54) is 24.4 Å². The lowest BCUT2D eigenvalue weighted by Gasteiger charge is -2.25. The van der Waals surface area contributed by atoms with Gasteiger partial charge in [-0.05, 0) is 24.3 Å². The third-order valence-corrected chi connectivity index (χ3v) is 7.74. The first-order valence-electron chi connectivity index (χ1n) is 11.1. The molecule has 1 aliphatic rings. The van der Waals surface area contributed by atoms with Crippen molar-refractivity contribution in [2.45, 2.75) is 24.0 Å². The van der Waals surface area contributed by atoms with Gasteiger partial charge in [0.15, 0.2) is 0 Å². The first-order chi connectivity index (χ1) is 17.3. The van der Waals surface area contributed by atoms with Gasteiger partial charge < -0.3 is 4.84 Å². The Hall–Kier alpha value is -3.76. The van der Waals surface area contributed by atoms with Crippen molar-refractivity contribution in [1.82, 2.24) is 9.29 Å². The van der Waals surface area contributed by atoms with E-state index in [0.717, 1.165) is 10.4 Å². The second kappa shape index (κ2) is 9.71. The zero-order valence-electron chi connectivity index (χ0n) is 18.8. The van der Waals surface area contributed by atoms with Gasteiger partial charge in [-0.15, -0.1) is 0 Å². The summed E-state index contributed by atoms with van der Waals surface area (Å²) >= 11 is 0. The second-order valence-corrected chi connectivity index (χ2v) is 10.2. The summed E-state index contributed by atoms with van der Waals surface area (Å²) in [6.45, 7) is -0.587. The monoisotopic (exact) mass is 511 g/mol. The summed E-state index contributed by atoms with van der Waals surface area (Å²) in [5, 5.41) is 4.58. The first-order valence-corrected chi connectivity index (χ1v) is 12.5. The van der Waals surface area contributed by atoms with Crippen LogP contribution in [0.25, 0.3) is 10.9 Å². The molecule has 6 nitrogen and oxygen atoms in total. The Morgan fingerprint density at radius 2 is 1.75 bits per heavy atom. The Labute approximate surface area is 205 Å². The molecular weight excluding hydrogens is 491 g/mol. The quantitative estimate of drug-likeness (QED) is 0.349. The van der Waals surface area contributed by atoms with Crippen molar-refractivity contribution in [3.63, 3.8) is 0 Å². The van der Waals surface area contributed by atoms with Crippen LogP contribution < -0.4 is 0 Å². The highest BCUT2D eigenvalue weighted by atomic mass is 32.2. The number of rotatable bonds is 7. The summed E-state index contributed by atoms with van der Waals surface area (Å²) < 4.78 is 71.0. The molecular formula is C26H20F3N3O3S. The van der Waals surface area contributed by atoms with E-state index >= 15 is 0 Å². The van der Waals surface area contributed by atoms with Gasteiger partial charge in [0.25, 0.3) is 0 Å². The Morgan fingerprint density at radius 1 is 0.944 bits per heavy atom. The predicted octanol–water partition coefficient (Wildman–Crippen LogP) is 5.04. The van der Waals surface area contributed by atoms with Crippen molar-refractivity contribution in [3.05, 3.63) is 108 Å². The molecule has 0 saturated heterocycles. The summed E-state index contributed by atoms with van der Waals surface area (Å²) in [6.07, 6.45) is 0.882. The summed E-state index contributed by atoms with van der Waals surface area (Å²) in [6, 6.07) is 17.2. The van der Waals surface area contributed by atoms with E-state index in [4.69, 9.17) is 4.84 Å². The van der Waals surface area contributed by atoms with Gasteiger partial charge in [-0.2, -0.15) is 4.31 Å². The minimum Gasteiger partial charge on any atom is -0.390 e. The average molecular weight is 512 g/mol. The van der Waals surface area contributed by atoms with E-state index in [0.29, 0.717) is 17.2 Å². The van der Waals surface area contributed by atoms with Crippen LogP contribution in [0.2, 0.25) is 0 Å². The van der Waals surface area contributed by atoms with E-state index < -0.39 is 33.6 Å². The fraction of sp³-hybridized carbons (Fsp3) is 0.154. The Balaban J connectivity index is 1.49. The molecule has 36 heavy (non-hydrogen) atoms. The van der Waals surface area contributed by atoms with Gasteiger partial charge in [0.2, 0.25) is 10.0 Å². The zero-order valence-corrected chi connectivity index (χ0v) is 19.6. The average Bonchev–Trinajstić information content (AvgIpc) is 3.33. The molecule has 5 rings (SSSR count). The highest BCUT2D eigenvalue weighted by molar-refractivity contribution is 7.89. The molecule has 10 heteroatoms. The van der Waals surface area contributed by atoms with Crippen molar-refractivity contribution < 1.29 is 26.4 Å². The number of hydrogen-bond acceptors (Lipinski definition) is 5. The molecule has 4 aromatic rings. The van der Waals surface area contributed by atoms with Crippen molar-refractivity contribution in [2.75, 3.05) is 6.54 Å². The van der Waals surface area contributed by atoms with Gasteiger partial charge >= 0.3 is 0 Å². The number of fused-ring (bicyclic) bond motifs is 1. The number of oxime groups is 1. The smallest absolute Gasteiger partial charge is 0.245 e. The number of hydrogen-bond donors (Lipinski definition) is 0. The van der Waals surface area contributed by atoms with Crippen molar-refractivity contribution in [3.8, 4) is 0 Å². The number of pyridine rings is 1. The minimum absolute atomic E-state index is 0.0126. The molecule has 0 saturated carbocycles. The van der Waals surface area contributed by atoms with E-state index in [2.05, 4.69) is 10.1 Å². The van der Waals surface area contributed by atoms with Crippen LogP contribution in [0.1, 0.15) is 17.5 Å². The number of halogens is 3. The maximum atomic E-state index is 14.5. The summed E-state index contributed by atoms with van der Waals surface area (Å²) in [5.41, 5.74) is 0.856. The third kappa shape index (κ3) is 4.69. The lowest BCUT2D eigenvalue weighted by atomic mass is 10.0. The fourth-order valence-corrected chi connectivity index (χ4v) is 5.73. The standard InChI is InChI=1S/C26H20F3N3O3S/c27-19-11-10-18(23(29)13-19)15-32(16-20-14-24(31-35-20)21-7-1-2-8-22(21)28)36(33,34)25-9-3-5-17-6-4-12-30-26(17)25/h1-13,20H,14-16H2. The molecule has 0 spiro atoms. The molecule has 1 unspecified atom stereocenters. The van der Waals surface area contributed by atoms with Crippen LogP contribution in [0.4, 0.5) is 13.2 Å². The van der Waals surface area contributed by atoms with Crippen LogP contribution in [-0.4, -0.2) is 36.1 Å². The van der Waals surface area contributed by atoms with Gasteiger partial charge in [0, 0.05) is 41.7 Å². The molecule has 0 fully saturated rings. The van der Waals surface area contributed by atoms with Gasteiger partial charge in [0.1, 0.15) is 28.5 Å². The zero-order chi connectivity index (χ0) is 25.3. The summed E-state index contributed by atoms with van der Waals surface area (Å²) in [4.78, 5) is 9.63. The molecule has 1 aliphatic heterocycles. The largest absolute Gasteiger partial charge is 0.390 e. The molecule has 1 aromatic heterocycles. The van der Waals surface area contributed by atoms with E-state index in [1.54, 1.807) is 42.5 Å². The van der Waals surface area contributed by atoms with Gasteiger partial charge in [0.05, 0.1) is 17.8 Å².